The fourth-order valence-electron chi connectivity index (χ4n) is 0.760. The van der Waals surface area contributed by atoms with Crippen LogP contribution in [-0.4, -0.2) is 12.8 Å². The standard InChI is InChI=1S/C6H10.2CH3NO/c1-2-4-6-5-3-1;2*2-1-3/h1-2H,3-6H2;2*1H,(H2,2,3). The highest BCUT2D eigenvalue weighted by Gasteiger charge is 1.87. The first-order valence-electron chi connectivity index (χ1n) is 3.79. The predicted octanol–water partition coefficient (Wildman–Crippen LogP) is 0.320. The molecule has 70 valence electrons. The number of hydrogen-bond donors (Lipinski definition) is 2. The van der Waals surface area contributed by atoms with Crippen LogP contribution in [0.4, 0.5) is 0 Å². The van der Waals surface area contributed by atoms with E-state index in [2.05, 4.69) is 23.6 Å². The molecule has 1 aliphatic carbocycles. The van der Waals surface area contributed by atoms with Gasteiger partial charge in [-0.2, -0.15) is 0 Å². The molecule has 1 rings (SSSR count). The third-order valence-corrected chi connectivity index (χ3v) is 1.16. The van der Waals surface area contributed by atoms with Crippen LogP contribution >= 0.6 is 0 Å². The second-order valence-corrected chi connectivity index (χ2v) is 2.03. The van der Waals surface area contributed by atoms with Crippen molar-refractivity contribution in [2.24, 2.45) is 11.5 Å². The molecule has 0 aromatic rings. The number of amides is 2. The summed E-state index contributed by atoms with van der Waals surface area (Å²) in [6.45, 7) is 0. The molecular weight excluding hydrogens is 156 g/mol. The molecule has 0 bridgehead atoms. The lowest BCUT2D eigenvalue weighted by atomic mass is 10.1. The smallest absolute Gasteiger partial charge is 0.204 e. The first-order chi connectivity index (χ1) is 5.83. The van der Waals surface area contributed by atoms with Crippen molar-refractivity contribution >= 4 is 12.8 Å². The lowest BCUT2D eigenvalue weighted by molar-refractivity contribution is -0.107. The topological polar surface area (TPSA) is 86.2 Å². The number of hydrogen-bond acceptors (Lipinski definition) is 2. The monoisotopic (exact) mass is 172 g/mol. The zero-order valence-corrected chi connectivity index (χ0v) is 7.11. The Balaban J connectivity index is 0. The minimum Gasteiger partial charge on any atom is -0.372 e. The fourth-order valence-corrected chi connectivity index (χ4v) is 0.760. The van der Waals surface area contributed by atoms with Crippen LogP contribution in [0.5, 0.6) is 0 Å². The Labute approximate surface area is 72.6 Å². The van der Waals surface area contributed by atoms with Crippen LogP contribution in [0.3, 0.4) is 0 Å². The highest BCUT2D eigenvalue weighted by Crippen LogP contribution is 2.07. The Morgan fingerprint density at radius 2 is 1.17 bits per heavy atom. The number of carbonyl (C=O) groups is 2. The second kappa shape index (κ2) is 16.3. The molecule has 0 aliphatic heterocycles. The molecule has 4 heteroatoms. The van der Waals surface area contributed by atoms with Crippen LogP contribution in [0, 0.1) is 0 Å². The van der Waals surface area contributed by atoms with Gasteiger partial charge in [-0.05, 0) is 25.7 Å². The number of primary amides is 2. The molecule has 1 aliphatic rings. The Bertz CT molecular complexity index is 110. The van der Waals surface area contributed by atoms with E-state index in [4.69, 9.17) is 9.59 Å². The van der Waals surface area contributed by atoms with E-state index in [9.17, 15) is 0 Å². The normalized spacial score (nSPS) is 12.7. The van der Waals surface area contributed by atoms with Crippen molar-refractivity contribution in [3.05, 3.63) is 12.2 Å². The summed E-state index contributed by atoms with van der Waals surface area (Å²) in [6, 6.07) is 0. The van der Waals surface area contributed by atoms with Crippen molar-refractivity contribution in [1.29, 1.82) is 0 Å². The van der Waals surface area contributed by atoms with Crippen molar-refractivity contribution in [3.63, 3.8) is 0 Å². The van der Waals surface area contributed by atoms with E-state index in [0.29, 0.717) is 0 Å². The third kappa shape index (κ3) is 23.4. The van der Waals surface area contributed by atoms with Crippen LogP contribution in [0.1, 0.15) is 25.7 Å². The fraction of sp³-hybridized carbons (Fsp3) is 0.500. The maximum atomic E-state index is 8.58. The molecule has 0 atom stereocenters. The van der Waals surface area contributed by atoms with Crippen LogP contribution in [-0.2, 0) is 9.59 Å². The number of nitrogens with two attached hydrogens (primary N) is 2. The van der Waals surface area contributed by atoms with Crippen LogP contribution in [0.2, 0.25) is 0 Å². The van der Waals surface area contributed by atoms with E-state index in [1.54, 1.807) is 0 Å². The van der Waals surface area contributed by atoms with E-state index in [0.717, 1.165) is 0 Å². The minimum atomic E-state index is 0.250. The molecular formula is C8H16N2O2. The first-order valence-corrected chi connectivity index (χ1v) is 3.79. The van der Waals surface area contributed by atoms with Crippen molar-refractivity contribution in [2.45, 2.75) is 25.7 Å². The molecule has 4 N–H and O–H groups in total. The van der Waals surface area contributed by atoms with Crippen molar-refractivity contribution in [2.75, 3.05) is 0 Å². The number of carbonyl (C=O) groups excluding carboxylic acids is 2. The SMILES string of the molecule is C1=CCCCC1.NC=O.NC=O. The molecule has 0 aromatic heterocycles. The second-order valence-electron chi connectivity index (χ2n) is 2.03. The van der Waals surface area contributed by atoms with Crippen LogP contribution in [0.15, 0.2) is 12.2 Å². The number of allylic oxidation sites excluding steroid dienone is 2. The van der Waals surface area contributed by atoms with Gasteiger partial charge in [0.1, 0.15) is 0 Å². The average molecular weight is 172 g/mol. The summed E-state index contributed by atoms with van der Waals surface area (Å²) in [7, 11) is 0. The number of rotatable bonds is 0. The molecule has 0 heterocycles. The summed E-state index contributed by atoms with van der Waals surface area (Å²) in [5.41, 5.74) is 8.33. The van der Waals surface area contributed by atoms with Gasteiger partial charge < -0.3 is 11.5 Å². The van der Waals surface area contributed by atoms with Gasteiger partial charge in [-0.1, -0.05) is 12.2 Å². The Kier molecular flexibility index (Phi) is 18.1. The maximum Gasteiger partial charge on any atom is 0.204 e. The van der Waals surface area contributed by atoms with Crippen molar-refractivity contribution in [1.82, 2.24) is 0 Å². The quantitative estimate of drug-likeness (QED) is 0.407. The van der Waals surface area contributed by atoms with Crippen LogP contribution < -0.4 is 11.5 Å². The summed E-state index contributed by atoms with van der Waals surface area (Å²) in [4.78, 5) is 17.2. The van der Waals surface area contributed by atoms with Crippen LogP contribution in [0.25, 0.3) is 0 Å². The van der Waals surface area contributed by atoms with E-state index >= 15 is 0 Å². The van der Waals surface area contributed by atoms with E-state index in [1.807, 2.05) is 0 Å². The highest BCUT2D eigenvalue weighted by atomic mass is 16.1. The first kappa shape index (κ1) is 13.3. The van der Waals surface area contributed by atoms with Gasteiger partial charge in [-0.15, -0.1) is 0 Å². The van der Waals surface area contributed by atoms with Gasteiger partial charge in [0.05, 0.1) is 0 Å². The molecule has 2 amide bonds. The molecule has 0 aromatic carbocycles. The lowest BCUT2D eigenvalue weighted by Gasteiger charge is -1.97. The van der Waals surface area contributed by atoms with Gasteiger partial charge in [-0.3, -0.25) is 9.59 Å². The molecule has 0 unspecified atom stereocenters. The van der Waals surface area contributed by atoms with Gasteiger partial charge in [0.15, 0.2) is 0 Å². The largest absolute Gasteiger partial charge is 0.372 e. The third-order valence-electron chi connectivity index (χ3n) is 1.16. The molecule has 0 saturated carbocycles. The predicted molar refractivity (Wildman–Crippen MR) is 48.1 cm³/mol. The Hall–Kier alpha value is -1.32. The highest BCUT2D eigenvalue weighted by molar-refractivity contribution is 5.42. The summed E-state index contributed by atoms with van der Waals surface area (Å²) in [6.07, 6.45) is 10.5. The molecule has 0 fully saturated rings. The van der Waals surface area contributed by atoms with E-state index in [1.165, 1.54) is 25.7 Å². The molecule has 0 saturated heterocycles. The Morgan fingerprint density at radius 3 is 1.25 bits per heavy atom. The minimum absolute atomic E-state index is 0.250. The summed E-state index contributed by atoms with van der Waals surface area (Å²) in [5.74, 6) is 0. The van der Waals surface area contributed by atoms with E-state index in [-0.39, 0.29) is 12.8 Å². The lowest BCUT2D eigenvalue weighted by Crippen LogP contribution is -1.82. The average Bonchev–Trinajstić information content (AvgIpc) is 2.10. The van der Waals surface area contributed by atoms with E-state index < -0.39 is 0 Å². The molecule has 12 heavy (non-hydrogen) atoms. The Morgan fingerprint density at radius 1 is 0.917 bits per heavy atom. The molecule has 0 radical (unpaired) electrons. The van der Waals surface area contributed by atoms with Gasteiger partial charge in [0.25, 0.3) is 0 Å². The summed E-state index contributed by atoms with van der Waals surface area (Å²) < 4.78 is 0. The summed E-state index contributed by atoms with van der Waals surface area (Å²) >= 11 is 0. The maximum absolute atomic E-state index is 8.58. The summed E-state index contributed by atoms with van der Waals surface area (Å²) in [5, 5.41) is 0. The van der Waals surface area contributed by atoms with Crippen molar-refractivity contribution in [3.8, 4) is 0 Å². The molecule has 4 nitrogen and oxygen atoms in total. The molecule has 0 spiro atoms. The zero-order chi connectivity index (χ0) is 9.66. The van der Waals surface area contributed by atoms with Crippen molar-refractivity contribution < 1.29 is 9.59 Å². The van der Waals surface area contributed by atoms with Gasteiger partial charge in [0.2, 0.25) is 12.8 Å². The van der Waals surface area contributed by atoms with Gasteiger partial charge in [0, 0.05) is 0 Å². The van der Waals surface area contributed by atoms with Gasteiger partial charge >= 0.3 is 0 Å². The van der Waals surface area contributed by atoms with Gasteiger partial charge in [-0.25, -0.2) is 0 Å². The zero-order valence-electron chi connectivity index (χ0n) is 7.11.